The predicted molar refractivity (Wildman–Crippen MR) is 77.8 cm³/mol. The van der Waals surface area contributed by atoms with Gasteiger partial charge >= 0.3 is 0 Å². The third-order valence-corrected chi connectivity index (χ3v) is 3.52. The van der Waals surface area contributed by atoms with Gasteiger partial charge in [-0.2, -0.15) is 0 Å². The molecule has 0 aromatic heterocycles. The molecule has 0 heterocycles. The van der Waals surface area contributed by atoms with E-state index in [1.54, 1.807) is 0 Å². The van der Waals surface area contributed by atoms with Crippen LogP contribution in [0.5, 0.6) is 5.75 Å². The van der Waals surface area contributed by atoms with Gasteiger partial charge in [0.2, 0.25) is 0 Å². The van der Waals surface area contributed by atoms with Crippen LogP contribution in [-0.2, 0) is 13.1 Å². The molecule has 18 heavy (non-hydrogen) atoms. The summed E-state index contributed by atoms with van der Waals surface area (Å²) < 4.78 is 0.716. The fourth-order valence-electron chi connectivity index (χ4n) is 1.65. The van der Waals surface area contributed by atoms with Crippen molar-refractivity contribution in [3.8, 4) is 5.75 Å². The third-order valence-electron chi connectivity index (χ3n) is 2.63. The number of phenols is 1. The minimum absolute atomic E-state index is 0.293. The highest BCUT2D eigenvalue weighted by Gasteiger charge is 2.03. The van der Waals surface area contributed by atoms with Crippen LogP contribution in [0.3, 0.4) is 0 Å². The first-order valence-corrected chi connectivity index (χ1v) is 6.75. The van der Waals surface area contributed by atoms with E-state index < -0.39 is 0 Å². The van der Waals surface area contributed by atoms with Crippen LogP contribution in [0, 0.1) is 0 Å². The molecule has 0 spiro atoms. The maximum atomic E-state index is 9.83. The molecule has 2 nitrogen and oxygen atoms in total. The van der Waals surface area contributed by atoms with Crippen LogP contribution in [0.2, 0.25) is 5.02 Å². The summed E-state index contributed by atoms with van der Waals surface area (Å²) in [6, 6.07) is 13.3. The molecule has 4 heteroatoms. The van der Waals surface area contributed by atoms with Crippen molar-refractivity contribution in [2.75, 3.05) is 0 Å². The molecule has 94 valence electrons. The predicted octanol–water partition coefficient (Wildman–Crippen LogP) is 4.10. The van der Waals surface area contributed by atoms with Crippen molar-refractivity contribution in [1.82, 2.24) is 5.32 Å². The van der Waals surface area contributed by atoms with E-state index in [9.17, 15) is 5.11 Å². The normalized spacial score (nSPS) is 10.6. The van der Waals surface area contributed by atoms with Gasteiger partial charge in [-0.1, -0.05) is 35.9 Å². The summed E-state index contributed by atoms with van der Waals surface area (Å²) in [5.74, 6) is 0.293. The Labute approximate surface area is 120 Å². The summed E-state index contributed by atoms with van der Waals surface area (Å²) in [6.07, 6.45) is 0. The van der Waals surface area contributed by atoms with E-state index in [1.165, 1.54) is 0 Å². The average molecular weight is 327 g/mol. The summed E-state index contributed by atoms with van der Waals surface area (Å²) in [4.78, 5) is 0. The number of para-hydroxylation sites is 1. The molecule has 2 rings (SSSR count). The maximum Gasteiger partial charge on any atom is 0.134 e. The summed E-state index contributed by atoms with van der Waals surface area (Å²) in [5, 5.41) is 13.8. The number of phenolic OH excluding ortho intramolecular Hbond substituents is 1. The molecule has 0 atom stereocenters. The standard InChI is InChI=1S/C14H13BrClNO/c15-13-3-1-2-11(14(13)18)9-17-8-10-4-6-12(16)7-5-10/h1-7,17-18H,8-9H2. The van der Waals surface area contributed by atoms with Crippen LogP contribution in [-0.4, -0.2) is 5.11 Å². The van der Waals surface area contributed by atoms with Gasteiger partial charge in [0.05, 0.1) is 4.47 Å². The molecule has 0 aliphatic carbocycles. The number of hydrogen-bond donors (Lipinski definition) is 2. The van der Waals surface area contributed by atoms with Crippen molar-refractivity contribution in [2.24, 2.45) is 0 Å². The Morgan fingerprint density at radius 2 is 1.78 bits per heavy atom. The number of halogens is 2. The van der Waals surface area contributed by atoms with E-state index in [0.29, 0.717) is 16.8 Å². The molecule has 0 saturated carbocycles. The maximum absolute atomic E-state index is 9.83. The number of aromatic hydroxyl groups is 1. The van der Waals surface area contributed by atoms with Crippen LogP contribution < -0.4 is 5.32 Å². The van der Waals surface area contributed by atoms with E-state index in [0.717, 1.165) is 22.7 Å². The largest absolute Gasteiger partial charge is 0.506 e. The number of nitrogens with one attached hydrogen (secondary N) is 1. The average Bonchev–Trinajstić information content (AvgIpc) is 2.37. The van der Waals surface area contributed by atoms with Gasteiger partial charge in [-0.05, 0) is 39.7 Å². The first kappa shape index (κ1) is 13.4. The van der Waals surface area contributed by atoms with E-state index in [4.69, 9.17) is 11.6 Å². The summed E-state index contributed by atoms with van der Waals surface area (Å²) >= 11 is 9.12. The van der Waals surface area contributed by atoms with Crippen molar-refractivity contribution in [1.29, 1.82) is 0 Å². The second kappa shape index (κ2) is 6.23. The molecular formula is C14H13BrClNO. The zero-order valence-corrected chi connectivity index (χ0v) is 12.0. The monoisotopic (exact) mass is 325 g/mol. The molecule has 0 amide bonds. The number of rotatable bonds is 4. The van der Waals surface area contributed by atoms with Gasteiger partial charge in [-0.25, -0.2) is 0 Å². The molecule has 0 saturated heterocycles. The van der Waals surface area contributed by atoms with Crippen molar-refractivity contribution in [3.05, 3.63) is 63.1 Å². The van der Waals surface area contributed by atoms with Gasteiger partial charge < -0.3 is 10.4 Å². The summed E-state index contributed by atoms with van der Waals surface area (Å²) in [7, 11) is 0. The molecule has 2 aromatic carbocycles. The summed E-state index contributed by atoms with van der Waals surface area (Å²) in [5.41, 5.74) is 2.03. The lowest BCUT2D eigenvalue weighted by atomic mass is 10.2. The molecular weight excluding hydrogens is 314 g/mol. The van der Waals surface area contributed by atoms with E-state index in [1.807, 2.05) is 42.5 Å². The van der Waals surface area contributed by atoms with Crippen molar-refractivity contribution in [3.63, 3.8) is 0 Å². The lowest BCUT2D eigenvalue weighted by molar-refractivity contribution is 0.461. The Morgan fingerprint density at radius 1 is 1.06 bits per heavy atom. The van der Waals surface area contributed by atoms with Crippen LogP contribution in [0.15, 0.2) is 46.9 Å². The minimum Gasteiger partial charge on any atom is -0.506 e. The van der Waals surface area contributed by atoms with Crippen LogP contribution in [0.4, 0.5) is 0 Å². The van der Waals surface area contributed by atoms with Gasteiger partial charge in [0.1, 0.15) is 5.75 Å². The zero-order valence-electron chi connectivity index (χ0n) is 9.66. The van der Waals surface area contributed by atoms with E-state index in [-0.39, 0.29) is 0 Å². The number of benzene rings is 2. The highest BCUT2D eigenvalue weighted by atomic mass is 79.9. The third kappa shape index (κ3) is 3.48. The molecule has 2 aromatic rings. The molecule has 0 radical (unpaired) electrons. The molecule has 0 aliphatic heterocycles. The fourth-order valence-corrected chi connectivity index (χ4v) is 2.18. The molecule has 0 aliphatic rings. The lowest BCUT2D eigenvalue weighted by Crippen LogP contribution is -2.12. The molecule has 0 unspecified atom stereocenters. The van der Waals surface area contributed by atoms with Crippen molar-refractivity contribution in [2.45, 2.75) is 13.1 Å². The Bertz CT molecular complexity index is 528. The topological polar surface area (TPSA) is 32.3 Å². The quantitative estimate of drug-likeness (QED) is 0.886. The van der Waals surface area contributed by atoms with Crippen molar-refractivity contribution < 1.29 is 5.11 Å². The second-order valence-electron chi connectivity index (χ2n) is 3.98. The van der Waals surface area contributed by atoms with Gasteiger partial charge in [0, 0.05) is 23.7 Å². The molecule has 0 bridgehead atoms. The van der Waals surface area contributed by atoms with Gasteiger partial charge in [-0.15, -0.1) is 0 Å². The summed E-state index contributed by atoms with van der Waals surface area (Å²) in [6.45, 7) is 1.36. The van der Waals surface area contributed by atoms with E-state index in [2.05, 4.69) is 21.2 Å². The highest BCUT2D eigenvalue weighted by Crippen LogP contribution is 2.27. The Morgan fingerprint density at radius 3 is 2.50 bits per heavy atom. The first-order valence-electron chi connectivity index (χ1n) is 5.58. The Hall–Kier alpha value is -1.03. The second-order valence-corrected chi connectivity index (χ2v) is 5.27. The Kier molecular flexibility index (Phi) is 4.64. The fraction of sp³-hybridized carbons (Fsp3) is 0.143. The Balaban J connectivity index is 1.92. The minimum atomic E-state index is 0.293. The highest BCUT2D eigenvalue weighted by molar-refractivity contribution is 9.10. The van der Waals surface area contributed by atoms with Crippen LogP contribution in [0.25, 0.3) is 0 Å². The van der Waals surface area contributed by atoms with Crippen molar-refractivity contribution >= 4 is 27.5 Å². The van der Waals surface area contributed by atoms with Crippen LogP contribution >= 0.6 is 27.5 Å². The number of hydrogen-bond acceptors (Lipinski definition) is 2. The smallest absolute Gasteiger partial charge is 0.134 e. The van der Waals surface area contributed by atoms with Crippen LogP contribution in [0.1, 0.15) is 11.1 Å². The van der Waals surface area contributed by atoms with Gasteiger partial charge in [0.15, 0.2) is 0 Å². The molecule has 2 N–H and O–H groups in total. The van der Waals surface area contributed by atoms with E-state index >= 15 is 0 Å². The SMILES string of the molecule is Oc1c(Br)cccc1CNCc1ccc(Cl)cc1. The lowest BCUT2D eigenvalue weighted by Gasteiger charge is -2.08. The van der Waals surface area contributed by atoms with Gasteiger partial charge in [0.25, 0.3) is 0 Å². The first-order chi connectivity index (χ1) is 8.66. The molecule has 0 fully saturated rings. The van der Waals surface area contributed by atoms with Gasteiger partial charge in [-0.3, -0.25) is 0 Å². The zero-order chi connectivity index (χ0) is 13.0.